The van der Waals surface area contributed by atoms with Gasteiger partial charge in [-0.2, -0.15) is 0 Å². The van der Waals surface area contributed by atoms with Gasteiger partial charge in [0.15, 0.2) is 0 Å². The van der Waals surface area contributed by atoms with Gasteiger partial charge in [-0.25, -0.2) is 0 Å². The molecule has 5 heteroatoms. The number of nitrogens with one attached hydrogen (secondary N) is 1. The molecule has 1 N–H and O–H groups in total. The molecule has 4 nitrogen and oxygen atoms in total. The van der Waals surface area contributed by atoms with Gasteiger partial charge in [0, 0.05) is 30.1 Å². The molecule has 19 heavy (non-hydrogen) atoms. The third kappa shape index (κ3) is 3.96. The minimum absolute atomic E-state index is 0.0646. The van der Waals surface area contributed by atoms with E-state index < -0.39 is 0 Å². The van der Waals surface area contributed by atoms with Gasteiger partial charge in [0.1, 0.15) is 0 Å². The van der Waals surface area contributed by atoms with Gasteiger partial charge in [0.05, 0.1) is 12.7 Å². The quantitative estimate of drug-likeness (QED) is 0.821. The Morgan fingerprint density at radius 3 is 3.11 bits per heavy atom. The summed E-state index contributed by atoms with van der Waals surface area (Å²) >= 11 is 4.27. The van der Waals surface area contributed by atoms with Crippen molar-refractivity contribution in [1.82, 2.24) is 10.2 Å². The van der Waals surface area contributed by atoms with Gasteiger partial charge in [-0.1, -0.05) is 6.07 Å². The molecular weight excluding hydrogens is 260 g/mol. The molecule has 1 atom stereocenters. The predicted molar refractivity (Wildman–Crippen MR) is 78.0 cm³/mol. The zero-order valence-corrected chi connectivity index (χ0v) is 12.2. The fourth-order valence-corrected chi connectivity index (χ4v) is 2.35. The van der Waals surface area contributed by atoms with Crippen molar-refractivity contribution >= 4 is 18.5 Å². The number of carbonyl (C=O) groups excluding carboxylic acids is 1. The van der Waals surface area contributed by atoms with Crippen molar-refractivity contribution in [2.45, 2.75) is 17.9 Å². The van der Waals surface area contributed by atoms with Gasteiger partial charge in [-0.15, -0.1) is 12.6 Å². The van der Waals surface area contributed by atoms with Gasteiger partial charge >= 0.3 is 0 Å². The summed E-state index contributed by atoms with van der Waals surface area (Å²) in [5.74, 6) is -0.0646. The van der Waals surface area contributed by atoms with Crippen molar-refractivity contribution in [3.8, 4) is 0 Å². The van der Waals surface area contributed by atoms with E-state index in [2.05, 4.69) is 29.9 Å². The molecule has 0 radical (unpaired) electrons. The highest BCUT2D eigenvalue weighted by Crippen LogP contribution is 2.14. The summed E-state index contributed by atoms with van der Waals surface area (Å²) < 4.78 is 5.62. The number of hydrogen-bond donors (Lipinski definition) is 2. The van der Waals surface area contributed by atoms with Crippen LogP contribution in [0.5, 0.6) is 0 Å². The lowest BCUT2D eigenvalue weighted by Crippen LogP contribution is -2.46. The van der Waals surface area contributed by atoms with Crippen LogP contribution < -0.4 is 5.32 Å². The smallest absolute Gasteiger partial charge is 0.251 e. The number of likely N-dealkylation sites (N-methyl/N-ethyl adjacent to an activating group) is 1. The Morgan fingerprint density at radius 1 is 1.58 bits per heavy atom. The topological polar surface area (TPSA) is 41.6 Å². The van der Waals surface area contributed by atoms with Gasteiger partial charge in [-0.05, 0) is 31.7 Å². The summed E-state index contributed by atoms with van der Waals surface area (Å²) in [6.45, 7) is 4.99. The van der Waals surface area contributed by atoms with Crippen LogP contribution in [0, 0.1) is 6.92 Å². The van der Waals surface area contributed by atoms with Crippen molar-refractivity contribution in [2.75, 3.05) is 33.3 Å². The van der Waals surface area contributed by atoms with Crippen molar-refractivity contribution in [1.29, 1.82) is 0 Å². The molecule has 1 unspecified atom stereocenters. The first-order valence-corrected chi connectivity index (χ1v) is 6.89. The van der Waals surface area contributed by atoms with Crippen LogP contribution in [0.2, 0.25) is 0 Å². The predicted octanol–water partition coefficient (Wildman–Crippen LogP) is 1.34. The second-order valence-corrected chi connectivity index (χ2v) is 5.48. The Morgan fingerprint density at radius 2 is 2.37 bits per heavy atom. The minimum Gasteiger partial charge on any atom is -0.374 e. The molecule has 1 fully saturated rings. The number of thiol groups is 1. The molecule has 1 aliphatic rings. The van der Waals surface area contributed by atoms with E-state index in [4.69, 9.17) is 4.74 Å². The van der Waals surface area contributed by atoms with Crippen molar-refractivity contribution < 1.29 is 9.53 Å². The SMILES string of the molecule is Cc1ccc(S)cc1C(=O)NCC1CN(C)CCO1. The molecule has 1 amide bonds. The van der Waals surface area contributed by atoms with Gasteiger partial charge in [0.25, 0.3) is 5.91 Å². The summed E-state index contributed by atoms with van der Waals surface area (Å²) in [5, 5.41) is 2.93. The second kappa shape index (κ2) is 6.41. The fourth-order valence-electron chi connectivity index (χ4n) is 2.15. The molecule has 1 aromatic carbocycles. The molecule has 1 aromatic rings. The van der Waals surface area contributed by atoms with Gasteiger partial charge in [0.2, 0.25) is 0 Å². The van der Waals surface area contributed by atoms with Crippen molar-refractivity contribution in [3.63, 3.8) is 0 Å². The highest BCUT2D eigenvalue weighted by Gasteiger charge is 2.19. The molecule has 0 aromatic heterocycles. The summed E-state index contributed by atoms with van der Waals surface area (Å²) in [6, 6.07) is 5.58. The first kappa shape index (κ1) is 14.4. The molecular formula is C14H20N2O2S. The summed E-state index contributed by atoms with van der Waals surface area (Å²) in [5.41, 5.74) is 1.63. The standard InChI is InChI=1S/C14H20N2O2S/c1-10-3-4-12(19)7-13(10)14(17)15-8-11-9-16(2)5-6-18-11/h3-4,7,11,19H,5-6,8-9H2,1-2H3,(H,15,17). The number of morpholine rings is 1. The van der Waals surface area contributed by atoms with Gasteiger partial charge < -0.3 is 15.0 Å². The Bertz CT molecular complexity index is 465. The van der Waals surface area contributed by atoms with Crippen molar-refractivity contribution in [3.05, 3.63) is 29.3 Å². The molecule has 0 saturated carbocycles. The normalized spacial score (nSPS) is 20.3. The third-order valence-electron chi connectivity index (χ3n) is 3.30. The lowest BCUT2D eigenvalue weighted by Gasteiger charge is -2.30. The number of hydrogen-bond acceptors (Lipinski definition) is 4. The average molecular weight is 280 g/mol. The first-order chi connectivity index (χ1) is 9.06. The van der Waals surface area contributed by atoms with Crippen LogP contribution in [0.1, 0.15) is 15.9 Å². The van der Waals surface area contributed by atoms with Crippen LogP contribution >= 0.6 is 12.6 Å². The van der Waals surface area contributed by atoms with Crippen LogP contribution in [0.3, 0.4) is 0 Å². The largest absolute Gasteiger partial charge is 0.374 e. The lowest BCUT2D eigenvalue weighted by atomic mass is 10.1. The molecule has 1 aliphatic heterocycles. The maximum atomic E-state index is 12.1. The number of amides is 1. The third-order valence-corrected chi connectivity index (χ3v) is 3.58. The zero-order valence-electron chi connectivity index (χ0n) is 11.3. The minimum atomic E-state index is -0.0646. The van der Waals surface area contributed by atoms with E-state index in [1.807, 2.05) is 19.1 Å². The molecule has 0 aliphatic carbocycles. The Balaban J connectivity index is 1.92. The van der Waals surface area contributed by atoms with E-state index in [1.54, 1.807) is 6.07 Å². The maximum absolute atomic E-state index is 12.1. The molecule has 1 heterocycles. The summed E-state index contributed by atoms with van der Waals surface area (Å²) in [7, 11) is 2.06. The molecule has 1 saturated heterocycles. The fraction of sp³-hybridized carbons (Fsp3) is 0.500. The van der Waals surface area contributed by atoms with E-state index in [9.17, 15) is 4.79 Å². The highest BCUT2D eigenvalue weighted by molar-refractivity contribution is 7.80. The van der Waals surface area contributed by atoms with E-state index in [-0.39, 0.29) is 12.0 Å². The number of nitrogens with zero attached hydrogens (tertiary/aromatic N) is 1. The monoisotopic (exact) mass is 280 g/mol. The second-order valence-electron chi connectivity index (χ2n) is 4.96. The summed E-state index contributed by atoms with van der Waals surface area (Å²) in [4.78, 5) is 15.1. The number of aryl methyl sites for hydroxylation is 1. The Hall–Kier alpha value is -1.04. The van der Waals surface area contributed by atoms with E-state index in [0.29, 0.717) is 12.1 Å². The lowest BCUT2D eigenvalue weighted by molar-refractivity contribution is -0.0175. The van der Waals surface area contributed by atoms with Crippen molar-refractivity contribution in [2.24, 2.45) is 0 Å². The van der Waals surface area contributed by atoms with Crippen LogP contribution in [0.15, 0.2) is 23.1 Å². The van der Waals surface area contributed by atoms with Crippen LogP contribution in [-0.2, 0) is 4.74 Å². The first-order valence-electron chi connectivity index (χ1n) is 6.44. The Labute approximate surface area is 119 Å². The Kier molecular flexibility index (Phi) is 4.85. The maximum Gasteiger partial charge on any atom is 0.251 e. The van der Waals surface area contributed by atoms with Crippen LogP contribution in [0.4, 0.5) is 0 Å². The van der Waals surface area contributed by atoms with Crippen LogP contribution in [-0.4, -0.2) is 50.2 Å². The summed E-state index contributed by atoms with van der Waals surface area (Å²) in [6.07, 6.45) is 0.0715. The van der Waals surface area contributed by atoms with Crippen LogP contribution in [0.25, 0.3) is 0 Å². The number of ether oxygens (including phenoxy) is 1. The van der Waals surface area contributed by atoms with E-state index >= 15 is 0 Å². The van der Waals surface area contributed by atoms with E-state index in [1.165, 1.54) is 0 Å². The molecule has 0 bridgehead atoms. The highest BCUT2D eigenvalue weighted by atomic mass is 32.1. The number of rotatable bonds is 3. The average Bonchev–Trinajstić information content (AvgIpc) is 2.39. The van der Waals surface area contributed by atoms with E-state index in [0.717, 1.165) is 30.2 Å². The molecule has 104 valence electrons. The molecule has 0 spiro atoms. The van der Waals surface area contributed by atoms with Gasteiger partial charge in [-0.3, -0.25) is 4.79 Å². The zero-order chi connectivity index (χ0) is 13.8. The molecule has 2 rings (SSSR count). The number of carbonyl (C=O) groups is 1. The number of benzene rings is 1.